The molecule has 3 amide bonds. The highest BCUT2D eigenvalue weighted by molar-refractivity contribution is 9.10. The molecule has 0 aromatic heterocycles. The van der Waals surface area contributed by atoms with Gasteiger partial charge in [-0.3, -0.25) is 9.69 Å². The van der Waals surface area contributed by atoms with E-state index in [2.05, 4.69) is 21.2 Å². The number of imide groups is 1. The highest BCUT2D eigenvalue weighted by atomic mass is 79.9. The van der Waals surface area contributed by atoms with Crippen molar-refractivity contribution in [3.8, 4) is 5.75 Å². The largest absolute Gasteiger partial charge is 0.491 e. The van der Waals surface area contributed by atoms with Gasteiger partial charge in [-0.1, -0.05) is 34.8 Å². The molecule has 6 nitrogen and oxygen atoms in total. The zero-order chi connectivity index (χ0) is 16.4. The molecule has 1 saturated carbocycles. The number of β-amino-alcohol motifs (C(OH)–C–C–N with tert-alkyl or cyclic N) is 1. The number of urea groups is 1. The molecule has 0 radical (unpaired) electrons. The topological polar surface area (TPSA) is 78.9 Å². The lowest BCUT2D eigenvalue weighted by molar-refractivity contribution is -0.132. The maximum Gasteiger partial charge on any atom is 0.325 e. The number of aliphatic hydroxyl groups is 1. The maximum absolute atomic E-state index is 12.5. The number of amides is 3. The van der Waals surface area contributed by atoms with Crippen LogP contribution in [0.2, 0.25) is 0 Å². The molecular formula is C16H19BrN2O4. The Balaban J connectivity index is 1.56. The van der Waals surface area contributed by atoms with E-state index in [9.17, 15) is 14.7 Å². The van der Waals surface area contributed by atoms with Crippen LogP contribution in [0.25, 0.3) is 0 Å². The molecule has 1 aliphatic heterocycles. The highest BCUT2D eigenvalue weighted by Crippen LogP contribution is 2.35. The van der Waals surface area contributed by atoms with Crippen molar-refractivity contribution in [1.82, 2.24) is 10.2 Å². The molecule has 23 heavy (non-hydrogen) atoms. The second kappa shape index (κ2) is 6.49. The summed E-state index contributed by atoms with van der Waals surface area (Å²) in [7, 11) is 0. The van der Waals surface area contributed by atoms with Gasteiger partial charge in [-0.25, -0.2) is 4.79 Å². The lowest BCUT2D eigenvalue weighted by atomic mass is 9.98. The van der Waals surface area contributed by atoms with Crippen LogP contribution in [-0.2, 0) is 4.79 Å². The Labute approximate surface area is 142 Å². The van der Waals surface area contributed by atoms with E-state index in [1.807, 2.05) is 12.1 Å². The highest BCUT2D eigenvalue weighted by Gasteiger charge is 2.52. The third-order valence-corrected chi connectivity index (χ3v) is 4.83. The zero-order valence-electron chi connectivity index (χ0n) is 12.6. The van der Waals surface area contributed by atoms with Crippen molar-refractivity contribution >= 4 is 27.9 Å². The second-order valence-corrected chi connectivity index (χ2v) is 6.97. The molecule has 1 aromatic carbocycles. The Hall–Kier alpha value is -1.60. The molecule has 1 atom stereocenters. The average Bonchev–Trinajstić information content (AvgIpc) is 3.07. The predicted octanol–water partition coefficient (Wildman–Crippen LogP) is 2.05. The summed E-state index contributed by atoms with van der Waals surface area (Å²) in [6.07, 6.45) is 2.31. The van der Waals surface area contributed by atoms with E-state index in [1.54, 1.807) is 12.1 Å². The van der Waals surface area contributed by atoms with Gasteiger partial charge in [0, 0.05) is 4.47 Å². The number of hydrogen-bond donors (Lipinski definition) is 2. The van der Waals surface area contributed by atoms with Gasteiger partial charge in [-0.15, -0.1) is 0 Å². The molecule has 1 unspecified atom stereocenters. The van der Waals surface area contributed by atoms with Gasteiger partial charge in [0.05, 0.1) is 6.54 Å². The van der Waals surface area contributed by atoms with E-state index >= 15 is 0 Å². The van der Waals surface area contributed by atoms with E-state index in [0.717, 1.165) is 22.2 Å². The van der Waals surface area contributed by atoms with Crippen LogP contribution in [0, 0.1) is 0 Å². The van der Waals surface area contributed by atoms with Gasteiger partial charge in [0.1, 0.15) is 24.0 Å². The normalized spacial score (nSPS) is 20.9. The first kappa shape index (κ1) is 16.3. The fourth-order valence-electron chi connectivity index (χ4n) is 3.17. The number of hydrogen-bond acceptors (Lipinski definition) is 4. The number of benzene rings is 1. The summed E-state index contributed by atoms with van der Waals surface area (Å²) in [5, 5.41) is 12.9. The van der Waals surface area contributed by atoms with Crippen LogP contribution in [0.15, 0.2) is 28.7 Å². The smallest absolute Gasteiger partial charge is 0.325 e. The van der Waals surface area contributed by atoms with Crippen molar-refractivity contribution in [3.05, 3.63) is 28.7 Å². The van der Waals surface area contributed by atoms with Crippen molar-refractivity contribution in [2.45, 2.75) is 37.3 Å². The number of carbonyl (C=O) groups is 2. The summed E-state index contributed by atoms with van der Waals surface area (Å²) < 4.78 is 6.37. The fraction of sp³-hybridized carbons (Fsp3) is 0.500. The molecular weight excluding hydrogens is 364 g/mol. The summed E-state index contributed by atoms with van der Waals surface area (Å²) in [4.78, 5) is 25.6. The molecule has 1 aliphatic carbocycles. The summed E-state index contributed by atoms with van der Waals surface area (Å²) >= 11 is 3.34. The first-order valence-corrected chi connectivity index (χ1v) is 8.50. The van der Waals surface area contributed by atoms with Crippen LogP contribution in [0.3, 0.4) is 0 Å². The van der Waals surface area contributed by atoms with Gasteiger partial charge in [-0.05, 0) is 31.0 Å². The molecule has 1 spiro atoms. The average molecular weight is 383 g/mol. The second-order valence-electron chi connectivity index (χ2n) is 6.06. The number of rotatable bonds is 5. The summed E-state index contributed by atoms with van der Waals surface area (Å²) in [5.41, 5.74) is -0.734. The lowest BCUT2D eigenvalue weighted by Crippen LogP contribution is -2.45. The lowest BCUT2D eigenvalue weighted by Gasteiger charge is -2.21. The molecule has 124 valence electrons. The Morgan fingerprint density at radius 3 is 2.78 bits per heavy atom. The van der Waals surface area contributed by atoms with Gasteiger partial charge in [0.15, 0.2) is 0 Å². The first-order chi connectivity index (χ1) is 11.0. The molecule has 3 rings (SSSR count). The Kier molecular flexibility index (Phi) is 4.59. The van der Waals surface area contributed by atoms with E-state index < -0.39 is 17.7 Å². The van der Waals surface area contributed by atoms with Crippen LogP contribution < -0.4 is 10.1 Å². The van der Waals surface area contributed by atoms with Crippen molar-refractivity contribution in [2.75, 3.05) is 13.2 Å². The summed E-state index contributed by atoms with van der Waals surface area (Å²) in [6.45, 7) is -0.0407. The SMILES string of the molecule is O=C1NC2(CCCC2)C(=O)N1CC(O)COc1cccc(Br)c1. The fourth-order valence-corrected chi connectivity index (χ4v) is 3.55. The molecule has 2 fully saturated rings. The van der Waals surface area contributed by atoms with Gasteiger partial charge in [-0.2, -0.15) is 0 Å². The Morgan fingerprint density at radius 1 is 1.35 bits per heavy atom. The van der Waals surface area contributed by atoms with Crippen molar-refractivity contribution in [2.24, 2.45) is 0 Å². The molecule has 1 saturated heterocycles. The predicted molar refractivity (Wildman–Crippen MR) is 87.1 cm³/mol. The Morgan fingerprint density at radius 2 is 2.09 bits per heavy atom. The minimum Gasteiger partial charge on any atom is -0.491 e. The number of carbonyl (C=O) groups excluding carboxylic acids is 2. The quantitative estimate of drug-likeness (QED) is 0.763. The standard InChI is InChI=1S/C16H19BrN2O4/c17-11-4-3-5-13(8-11)23-10-12(20)9-19-14(21)16(18-15(19)22)6-1-2-7-16/h3-5,8,12,20H,1-2,6-7,9-10H2,(H,18,22). The van der Waals surface area contributed by atoms with Crippen LogP contribution in [0.5, 0.6) is 5.75 Å². The van der Waals surface area contributed by atoms with Gasteiger partial charge in [0.25, 0.3) is 5.91 Å². The van der Waals surface area contributed by atoms with Crippen LogP contribution in [0.4, 0.5) is 4.79 Å². The molecule has 2 N–H and O–H groups in total. The van der Waals surface area contributed by atoms with Gasteiger partial charge >= 0.3 is 6.03 Å². The third kappa shape index (κ3) is 3.35. The van der Waals surface area contributed by atoms with Crippen LogP contribution >= 0.6 is 15.9 Å². The minimum atomic E-state index is -0.930. The van der Waals surface area contributed by atoms with E-state index in [4.69, 9.17) is 4.74 Å². The van der Waals surface area contributed by atoms with Gasteiger partial charge in [0.2, 0.25) is 0 Å². The van der Waals surface area contributed by atoms with Gasteiger partial charge < -0.3 is 15.2 Å². The molecule has 1 aromatic rings. The summed E-state index contributed by atoms with van der Waals surface area (Å²) in [6, 6.07) is 6.84. The Bertz CT molecular complexity index is 616. The van der Waals surface area contributed by atoms with E-state index in [0.29, 0.717) is 18.6 Å². The molecule has 0 bridgehead atoms. The zero-order valence-corrected chi connectivity index (χ0v) is 14.2. The van der Waals surface area contributed by atoms with E-state index in [1.165, 1.54) is 0 Å². The number of aliphatic hydroxyl groups excluding tert-OH is 1. The van der Waals surface area contributed by atoms with Crippen molar-refractivity contribution in [1.29, 1.82) is 0 Å². The number of nitrogens with zero attached hydrogens (tertiary/aromatic N) is 1. The van der Waals surface area contributed by atoms with E-state index in [-0.39, 0.29) is 19.1 Å². The molecule has 2 aliphatic rings. The number of nitrogens with one attached hydrogen (secondary N) is 1. The number of ether oxygens (including phenoxy) is 1. The maximum atomic E-state index is 12.5. The van der Waals surface area contributed by atoms with Crippen molar-refractivity contribution < 1.29 is 19.4 Å². The van der Waals surface area contributed by atoms with Crippen molar-refractivity contribution in [3.63, 3.8) is 0 Å². The summed E-state index contributed by atoms with van der Waals surface area (Å²) in [5.74, 6) is 0.393. The van der Waals surface area contributed by atoms with Crippen LogP contribution in [-0.4, -0.2) is 46.7 Å². The van der Waals surface area contributed by atoms with Crippen LogP contribution in [0.1, 0.15) is 25.7 Å². The number of halogens is 1. The first-order valence-electron chi connectivity index (χ1n) is 7.71. The molecule has 1 heterocycles. The minimum absolute atomic E-state index is 0.0144. The molecule has 7 heteroatoms. The third-order valence-electron chi connectivity index (χ3n) is 4.33. The monoisotopic (exact) mass is 382 g/mol.